The smallest absolute Gasteiger partial charge is 0.123 e. The number of rotatable bonds is 4. The van der Waals surface area contributed by atoms with Crippen molar-refractivity contribution in [2.75, 3.05) is 6.54 Å². The van der Waals surface area contributed by atoms with Gasteiger partial charge in [-0.1, -0.05) is 18.6 Å². The first kappa shape index (κ1) is 13.1. The molecule has 3 unspecified atom stereocenters. The summed E-state index contributed by atoms with van der Waals surface area (Å²) in [5.74, 6) is 0.621. The highest BCUT2D eigenvalue weighted by Crippen LogP contribution is 2.32. The summed E-state index contributed by atoms with van der Waals surface area (Å²) < 4.78 is 13.2. The van der Waals surface area contributed by atoms with Crippen LogP contribution in [0.15, 0.2) is 24.3 Å². The maximum Gasteiger partial charge on any atom is 0.123 e. The molecule has 0 radical (unpaired) electrons. The molecule has 1 saturated heterocycles. The van der Waals surface area contributed by atoms with Gasteiger partial charge in [0.1, 0.15) is 5.82 Å². The molecular weight excluding hydrogens is 239 g/mol. The number of hydrogen-bond donors (Lipinski definition) is 2. The van der Waals surface area contributed by atoms with Gasteiger partial charge in [0.05, 0.1) is 0 Å². The molecule has 1 aliphatic heterocycles. The van der Waals surface area contributed by atoms with Crippen molar-refractivity contribution in [3.63, 3.8) is 0 Å². The fourth-order valence-electron chi connectivity index (χ4n) is 3.70. The Hall–Kier alpha value is -0.930. The maximum absolute atomic E-state index is 13.2. The predicted molar refractivity (Wildman–Crippen MR) is 75.4 cm³/mol. The average Bonchev–Trinajstić information content (AvgIpc) is 3.07. The predicted octanol–water partition coefficient (Wildman–Crippen LogP) is 2.84. The van der Waals surface area contributed by atoms with Crippen LogP contribution >= 0.6 is 0 Å². The van der Waals surface area contributed by atoms with Crippen LogP contribution in [0.3, 0.4) is 0 Å². The van der Waals surface area contributed by atoms with Crippen LogP contribution in [-0.4, -0.2) is 18.6 Å². The van der Waals surface area contributed by atoms with Gasteiger partial charge in [0.15, 0.2) is 0 Å². The molecule has 1 saturated carbocycles. The van der Waals surface area contributed by atoms with Gasteiger partial charge in [-0.15, -0.1) is 0 Å². The van der Waals surface area contributed by atoms with Gasteiger partial charge in [-0.05, 0) is 55.8 Å². The molecule has 0 bridgehead atoms. The van der Waals surface area contributed by atoms with E-state index in [0.29, 0.717) is 12.1 Å². The molecule has 2 aliphatic rings. The number of hydrogen-bond acceptors (Lipinski definition) is 2. The Bertz CT molecular complexity index is 415. The minimum absolute atomic E-state index is 0.139. The second-order valence-electron chi connectivity index (χ2n) is 5.91. The minimum atomic E-state index is -0.139. The van der Waals surface area contributed by atoms with Crippen LogP contribution < -0.4 is 10.6 Å². The van der Waals surface area contributed by atoms with E-state index in [1.165, 1.54) is 44.7 Å². The first-order valence-electron chi connectivity index (χ1n) is 7.54. The Morgan fingerprint density at radius 2 is 2.16 bits per heavy atom. The van der Waals surface area contributed by atoms with Gasteiger partial charge >= 0.3 is 0 Å². The van der Waals surface area contributed by atoms with Crippen molar-refractivity contribution >= 4 is 0 Å². The van der Waals surface area contributed by atoms with Gasteiger partial charge in [-0.3, -0.25) is 0 Å². The maximum atomic E-state index is 13.2. The summed E-state index contributed by atoms with van der Waals surface area (Å²) in [6, 6.07) is 8.21. The van der Waals surface area contributed by atoms with Crippen molar-refractivity contribution in [1.82, 2.24) is 10.6 Å². The van der Waals surface area contributed by atoms with Gasteiger partial charge < -0.3 is 10.6 Å². The fourth-order valence-corrected chi connectivity index (χ4v) is 3.70. The lowest BCUT2D eigenvalue weighted by Crippen LogP contribution is -2.41. The van der Waals surface area contributed by atoms with Crippen molar-refractivity contribution in [3.8, 4) is 0 Å². The fraction of sp³-hybridized carbons (Fsp3) is 0.625. The van der Waals surface area contributed by atoms with Crippen LogP contribution in [-0.2, 0) is 6.54 Å². The number of nitrogens with one attached hydrogen (secondary N) is 2. The van der Waals surface area contributed by atoms with Crippen LogP contribution in [0, 0.1) is 11.7 Å². The first-order chi connectivity index (χ1) is 9.33. The topological polar surface area (TPSA) is 24.1 Å². The quantitative estimate of drug-likeness (QED) is 0.872. The molecule has 0 amide bonds. The lowest BCUT2D eigenvalue weighted by atomic mass is 9.93. The van der Waals surface area contributed by atoms with E-state index in [-0.39, 0.29) is 5.82 Å². The van der Waals surface area contributed by atoms with Crippen LogP contribution in [0.1, 0.15) is 37.7 Å². The largest absolute Gasteiger partial charge is 0.314 e. The second-order valence-corrected chi connectivity index (χ2v) is 5.91. The molecule has 2 nitrogen and oxygen atoms in total. The van der Waals surface area contributed by atoms with Crippen molar-refractivity contribution in [3.05, 3.63) is 35.6 Å². The van der Waals surface area contributed by atoms with Gasteiger partial charge in [-0.2, -0.15) is 0 Å². The molecule has 1 aromatic rings. The molecule has 19 heavy (non-hydrogen) atoms. The molecule has 0 aromatic heterocycles. The van der Waals surface area contributed by atoms with E-state index >= 15 is 0 Å². The summed E-state index contributed by atoms with van der Waals surface area (Å²) in [6.07, 6.45) is 6.56. The molecule has 1 aromatic carbocycles. The Kier molecular flexibility index (Phi) is 4.14. The zero-order valence-corrected chi connectivity index (χ0v) is 11.4. The zero-order valence-electron chi connectivity index (χ0n) is 11.4. The zero-order chi connectivity index (χ0) is 13.1. The van der Waals surface area contributed by atoms with Gasteiger partial charge in [0, 0.05) is 18.6 Å². The van der Waals surface area contributed by atoms with E-state index in [2.05, 4.69) is 10.6 Å². The summed E-state index contributed by atoms with van der Waals surface area (Å²) >= 11 is 0. The van der Waals surface area contributed by atoms with E-state index in [9.17, 15) is 4.39 Å². The standard InChI is InChI=1S/C16H23FN2/c17-13-5-1-4-12(10-13)11-19-16-7-2-6-14(16)15-8-3-9-18-15/h1,4-5,10,14-16,18-19H,2-3,6-9,11H2. The van der Waals surface area contributed by atoms with Crippen LogP contribution in [0.4, 0.5) is 4.39 Å². The van der Waals surface area contributed by atoms with Crippen LogP contribution in [0.5, 0.6) is 0 Å². The molecule has 2 N–H and O–H groups in total. The highest BCUT2D eigenvalue weighted by Gasteiger charge is 2.34. The molecular formula is C16H23FN2. The van der Waals surface area contributed by atoms with Crippen molar-refractivity contribution in [2.45, 2.75) is 50.7 Å². The summed E-state index contributed by atoms with van der Waals surface area (Å²) in [4.78, 5) is 0. The lowest BCUT2D eigenvalue weighted by Gasteiger charge is -2.26. The lowest BCUT2D eigenvalue weighted by molar-refractivity contribution is 0.320. The molecule has 104 valence electrons. The molecule has 3 heteroatoms. The third kappa shape index (κ3) is 3.15. The van der Waals surface area contributed by atoms with E-state index in [1.54, 1.807) is 12.1 Å². The normalized spacial score (nSPS) is 30.9. The SMILES string of the molecule is Fc1cccc(CNC2CCCC2C2CCCN2)c1. The third-order valence-electron chi connectivity index (χ3n) is 4.64. The Balaban J connectivity index is 1.56. The number of benzene rings is 1. The molecule has 2 fully saturated rings. The Labute approximate surface area is 114 Å². The highest BCUT2D eigenvalue weighted by atomic mass is 19.1. The Morgan fingerprint density at radius 1 is 1.21 bits per heavy atom. The molecule has 0 spiro atoms. The Morgan fingerprint density at radius 3 is 2.95 bits per heavy atom. The molecule has 1 aliphatic carbocycles. The van der Waals surface area contributed by atoms with E-state index < -0.39 is 0 Å². The van der Waals surface area contributed by atoms with Crippen molar-refractivity contribution in [1.29, 1.82) is 0 Å². The van der Waals surface area contributed by atoms with Gasteiger partial charge in [0.2, 0.25) is 0 Å². The summed E-state index contributed by atoms with van der Waals surface area (Å²) in [5, 5.41) is 7.28. The van der Waals surface area contributed by atoms with Crippen molar-refractivity contribution in [2.24, 2.45) is 5.92 Å². The van der Waals surface area contributed by atoms with E-state index in [4.69, 9.17) is 0 Å². The molecule has 3 atom stereocenters. The molecule has 1 heterocycles. The number of halogens is 1. The third-order valence-corrected chi connectivity index (χ3v) is 4.64. The van der Waals surface area contributed by atoms with Crippen molar-refractivity contribution < 1.29 is 4.39 Å². The summed E-state index contributed by atoms with van der Waals surface area (Å²) in [7, 11) is 0. The van der Waals surface area contributed by atoms with Crippen LogP contribution in [0.25, 0.3) is 0 Å². The summed E-state index contributed by atoms with van der Waals surface area (Å²) in [6.45, 7) is 1.96. The minimum Gasteiger partial charge on any atom is -0.314 e. The van der Waals surface area contributed by atoms with Gasteiger partial charge in [-0.25, -0.2) is 4.39 Å². The summed E-state index contributed by atoms with van der Waals surface area (Å²) in [5.41, 5.74) is 1.05. The van der Waals surface area contributed by atoms with Crippen LogP contribution in [0.2, 0.25) is 0 Å². The molecule has 3 rings (SSSR count). The highest BCUT2D eigenvalue weighted by molar-refractivity contribution is 5.16. The second kappa shape index (κ2) is 6.02. The first-order valence-corrected chi connectivity index (χ1v) is 7.54. The monoisotopic (exact) mass is 262 g/mol. The van der Waals surface area contributed by atoms with Gasteiger partial charge in [0.25, 0.3) is 0 Å². The van der Waals surface area contributed by atoms with E-state index in [1.807, 2.05) is 6.07 Å². The van der Waals surface area contributed by atoms with E-state index in [0.717, 1.165) is 18.0 Å². The average molecular weight is 262 g/mol.